The van der Waals surface area contributed by atoms with E-state index >= 15 is 0 Å². The molecule has 0 aromatic heterocycles. The lowest BCUT2D eigenvalue weighted by molar-refractivity contribution is -0.127. The third-order valence-electron chi connectivity index (χ3n) is 4.13. The number of ether oxygens (including phenoxy) is 1. The van der Waals surface area contributed by atoms with Gasteiger partial charge >= 0.3 is 0 Å². The zero-order chi connectivity index (χ0) is 17.0. The van der Waals surface area contributed by atoms with Gasteiger partial charge in [-0.05, 0) is 69.0 Å². The highest BCUT2D eigenvalue weighted by molar-refractivity contribution is 5.81. The Bertz CT molecular complexity index is 680. The number of rotatable bonds is 5. The van der Waals surface area contributed by atoms with Gasteiger partial charge in [0.2, 0.25) is 0 Å². The van der Waals surface area contributed by atoms with Crippen LogP contribution in [0.5, 0.6) is 5.75 Å². The van der Waals surface area contributed by atoms with Crippen molar-refractivity contribution in [2.24, 2.45) is 0 Å². The topological polar surface area (TPSA) is 38.3 Å². The summed E-state index contributed by atoms with van der Waals surface area (Å²) in [4.78, 5) is 12.4. The average molecular weight is 311 g/mol. The van der Waals surface area contributed by atoms with E-state index in [4.69, 9.17) is 4.74 Å². The van der Waals surface area contributed by atoms with Crippen molar-refractivity contribution in [2.45, 2.75) is 46.8 Å². The van der Waals surface area contributed by atoms with Crippen molar-refractivity contribution in [1.29, 1.82) is 0 Å². The van der Waals surface area contributed by atoms with Crippen molar-refractivity contribution < 1.29 is 9.53 Å². The van der Waals surface area contributed by atoms with E-state index in [-0.39, 0.29) is 11.9 Å². The number of hydrogen-bond donors (Lipinski definition) is 1. The fourth-order valence-electron chi connectivity index (χ4n) is 2.61. The van der Waals surface area contributed by atoms with E-state index < -0.39 is 6.10 Å². The van der Waals surface area contributed by atoms with E-state index in [1.54, 1.807) is 6.92 Å². The normalized spacial score (nSPS) is 13.3. The summed E-state index contributed by atoms with van der Waals surface area (Å²) in [5.41, 5.74) is 4.84. The quantitative estimate of drug-likeness (QED) is 0.896. The Balaban J connectivity index is 2.03. The maximum absolute atomic E-state index is 12.4. The number of hydrogen-bond acceptors (Lipinski definition) is 2. The largest absolute Gasteiger partial charge is 0.481 e. The lowest BCUT2D eigenvalue weighted by Crippen LogP contribution is -2.38. The second-order valence-corrected chi connectivity index (χ2v) is 6.10. The van der Waals surface area contributed by atoms with Crippen LogP contribution in [0.2, 0.25) is 0 Å². The zero-order valence-electron chi connectivity index (χ0n) is 14.5. The first-order chi connectivity index (χ1) is 10.9. The van der Waals surface area contributed by atoms with E-state index in [0.717, 1.165) is 5.56 Å². The molecule has 2 rings (SSSR count). The summed E-state index contributed by atoms with van der Waals surface area (Å²) in [6.07, 6.45) is -0.535. The van der Waals surface area contributed by atoms with Gasteiger partial charge in [0.05, 0.1) is 6.04 Å². The fraction of sp³-hybridized carbons (Fsp3) is 0.350. The van der Waals surface area contributed by atoms with Gasteiger partial charge in [0.15, 0.2) is 6.10 Å². The zero-order valence-corrected chi connectivity index (χ0v) is 14.5. The maximum Gasteiger partial charge on any atom is 0.261 e. The minimum Gasteiger partial charge on any atom is -0.481 e. The Morgan fingerprint density at radius 1 is 0.957 bits per heavy atom. The van der Waals surface area contributed by atoms with Crippen LogP contribution in [0, 0.1) is 20.8 Å². The summed E-state index contributed by atoms with van der Waals surface area (Å²) < 4.78 is 5.67. The van der Waals surface area contributed by atoms with Gasteiger partial charge in [-0.2, -0.15) is 0 Å². The summed E-state index contributed by atoms with van der Waals surface area (Å²) in [7, 11) is 0. The van der Waals surface area contributed by atoms with Crippen molar-refractivity contribution in [3.05, 3.63) is 64.7 Å². The first kappa shape index (κ1) is 17.1. The summed E-state index contributed by atoms with van der Waals surface area (Å²) in [5, 5.41) is 3.04. The predicted molar refractivity (Wildman–Crippen MR) is 93.7 cm³/mol. The Hall–Kier alpha value is -2.29. The van der Waals surface area contributed by atoms with Gasteiger partial charge in [-0.15, -0.1) is 0 Å². The predicted octanol–water partition coefficient (Wildman–Crippen LogP) is 4.26. The molecule has 2 atom stereocenters. The third-order valence-corrected chi connectivity index (χ3v) is 4.13. The van der Waals surface area contributed by atoms with Crippen LogP contribution >= 0.6 is 0 Å². The second-order valence-electron chi connectivity index (χ2n) is 6.10. The molecule has 0 bridgehead atoms. The number of carbonyl (C=O) groups is 1. The fourth-order valence-corrected chi connectivity index (χ4v) is 2.61. The molecule has 0 unspecified atom stereocenters. The highest BCUT2D eigenvalue weighted by Gasteiger charge is 2.19. The van der Waals surface area contributed by atoms with Crippen LogP contribution in [0.1, 0.15) is 42.1 Å². The van der Waals surface area contributed by atoms with Gasteiger partial charge in [-0.1, -0.05) is 30.3 Å². The molecular weight excluding hydrogens is 286 g/mol. The molecule has 3 nitrogen and oxygen atoms in total. The first-order valence-electron chi connectivity index (χ1n) is 7.98. The van der Waals surface area contributed by atoms with E-state index in [1.165, 1.54) is 16.7 Å². The molecule has 0 saturated carbocycles. The van der Waals surface area contributed by atoms with Crippen molar-refractivity contribution in [2.75, 3.05) is 0 Å². The number of carbonyl (C=O) groups excluding carboxylic acids is 1. The lowest BCUT2D eigenvalue weighted by atomic mass is 9.96. The number of benzene rings is 2. The van der Waals surface area contributed by atoms with Crippen LogP contribution < -0.4 is 10.1 Å². The summed E-state index contributed by atoms with van der Waals surface area (Å²) in [6.45, 7) is 10.0. The summed E-state index contributed by atoms with van der Waals surface area (Å²) in [6, 6.07) is 13.7. The van der Waals surface area contributed by atoms with Gasteiger partial charge < -0.3 is 10.1 Å². The molecule has 2 aromatic rings. The minimum atomic E-state index is -0.535. The van der Waals surface area contributed by atoms with E-state index in [2.05, 4.69) is 38.2 Å². The molecule has 0 heterocycles. The Kier molecular flexibility index (Phi) is 5.43. The summed E-state index contributed by atoms with van der Waals surface area (Å²) in [5.74, 6) is 0.587. The monoisotopic (exact) mass is 311 g/mol. The van der Waals surface area contributed by atoms with Gasteiger partial charge in [0.25, 0.3) is 5.91 Å². The van der Waals surface area contributed by atoms with Crippen molar-refractivity contribution >= 4 is 5.91 Å². The Morgan fingerprint density at radius 3 is 2.22 bits per heavy atom. The number of nitrogens with one attached hydrogen (secondary N) is 1. The van der Waals surface area contributed by atoms with Gasteiger partial charge in [0, 0.05) is 0 Å². The molecule has 3 heteroatoms. The van der Waals surface area contributed by atoms with Crippen LogP contribution in [-0.4, -0.2) is 12.0 Å². The summed E-state index contributed by atoms with van der Waals surface area (Å²) >= 11 is 0. The number of amides is 1. The molecule has 23 heavy (non-hydrogen) atoms. The minimum absolute atomic E-state index is 0.0522. The third kappa shape index (κ3) is 4.35. The standard InChI is InChI=1S/C20H25NO2/c1-13-11-15(3)19(12-14(13)2)16(4)21-20(22)17(5)23-18-9-7-6-8-10-18/h6-12,16-17H,1-5H3,(H,21,22)/t16-,17+/m1/s1. The van der Waals surface area contributed by atoms with Crippen LogP contribution in [0.25, 0.3) is 0 Å². The van der Waals surface area contributed by atoms with E-state index in [1.807, 2.05) is 37.3 Å². The van der Waals surface area contributed by atoms with Gasteiger partial charge in [-0.3, -0.25) is 4.79 Å². The van der Waals surface area contributed by atoms with Crippen LogP contribution in [0.4, 0.5) is 0 Å². The lowest BCUT2D eigenvalue weighted by Gasteiger charge is -2.21. The smallest absolute Gasteiger partial charge is 0.261 e. The van der Waals surface area contributed by atoms with Gasteiger partial charge in [0.1, 0.15) is 5.75 Å². The van der Waals surface area contributed by atoms with E-state index in [0.29, 0.717) is 5.75 Å². The number of aryl methyl sites for hydroxylation is 3. The Labute approximate surface area is 138 Å². The molecule has 0 spiro atoms. The van der Waals surface area contributed by atoms with Crippen molar-refractivity contribution in [3.8, 4) is 5.75 Å². The molecule has 1 N–H and O–H groups in total. The van der Waals surface area contributed by atoms with Crippen molar-refractivity contribution in [1.82, 2.24) is 5.32 Å². The molecule has 2 aromatic carbocycles. The molecule has 0 aliphatic heterocycles. The second kappa shape index (κ2) is 7.32. The number of para-hydroxylation sites is 1. The van der Waals surface area contributed by atoms with E-state index in [9.17, 15) is 4.79 Å². The van der Waals surface area contributed by atoms with Crippen LogP contribution in [0.15, 0.2) is 42.5 Å². The van der Waals surface area contributed by atoms with Crippen molar-refractivity contribution in [3.63, 3.8) is 0 Å². The molecule has 1 amide bonds. The Morgan fingerprint density at radius 2 is 1.57 bits per heavy atom. The highest BCUT2D eigenvalue weighted by Crippen LogP contribution is 2.22. The van der Waals surface area contributed by atoms with Crippen LogP contribution in [-0.2, 0) is 4.79 Å². The molecule has 0 aliphatic rings. The maximum atomic E-state index is 12.4. The highest BCUT2D eigenvalue weighted by atomic mass is 16.5. The molecule has 0 aliphatic carbocycles. The SMILES string of the molecule is Cc1cc(C)c([C@@H](C)NC(=O)[C@H](C)Oc2ccccc2)cc1C. The molecule has 0 fully saturated rings. The molecular formula is C20H25NO2. The first-order valence-corrected chi connectivity index (χ1v) is 7.98. The van der Waals surface area contributed by atoms with Gasteiger partial charge in [-0.25, -0.2) is 0 Å². The molecule has 0 radical (unpaired) electrons. The average Bonchev–Trinajstić information content (AvgIpc) is 2.51. The molecule has 122 valence electrons. The van der Waals surface area contributed by atoms with Crippen LogP contribution in [0.3, 0.4) is 0 Å². The molecule has 0 saturated heterocycles.